The van der Waals surface area contributed by atoms with E-state index in [1.165, 1.54) is 25.7 Å². The van der Waals surface area contributed by atoms with Crippen LogP contribution in [0.1, 0.15) is 39.5 Å². The fraction of sp³-hybridized carbons (Fsp3) is 0.714. The molecule has 0 radical (unpaired) electrons. The second kappa shape index (κ2) is 6.08. The quantitative estimate of drug-likeness (QED) is 0.873. The molecule has 1 saturated carbocycles. The minimum absolute atomic E-state index is 0.337. The first-order valence-electron chi connectivity index (χ1n) is 7.21. The second-order valence-corrected chi connectivity index (χ2v) is 5.52. The minimum atomic E-state index is 0.337. The Hall–Kier alpha value is -1.52. The van der Waals surface area contributed by atoms with Gasteiger partial charge in [-0.15, -0.1) is 0 Å². The number of hydrogen-bond donors (Lipinski definition) is 2. The zero-order valence-corrected chi connectivity index (χ0v) is 12.2. The van der Waals surface area contributed by atoms with Crippen LogP contribution in [0.2, 0.25) is 0 Å². The first kappa shape index (κ1) is 13.9. The topological polar surface area (TPSA) is 67.1 Å². The highest BCUT2D eigenvalue weighted by Gasteiger charge is 2.23. The highest BCUT2D eigenvalue weighted by molar-refractivity contribution is 5.52. The molecule has 0 bridgehead atoms. The Morgan fingerprint density at radius 3 is 2.63 bits per heavy atom. The fourth-order valence-electron chi connectivity index (χ4n) is 2.72. The number of anilines is 3. The summed E-state index contributed by atoms with van der Waals surface area (Å²) in [4.78, 5) is 10.8. The predicted molar refractivity (Wildman–Crippen MR) is 80.4 cm³/mol. The summed E-state index contributed by atoms with van der Waals surface area (Å²) in [5.74, 6) is 2.92. The van der Waals surface area contributed by atoms with Crippen LogP contribution in [0.15, 0.2) is 6.07 Å². The molecule has 1 aliphatic carbocycles. The smallest absolute Gasteiger partial charge is 0.223 e. The first-order chi connectivity index (χ1) is 9.10. The van der Waals surface area contributed by atoms with Gasteiger partial charge in [0.15, 0.2) is 0 Å². The van der Waals surface area contributed by atoms with E-state index in [-0.39, 0.29) is 0 Å². The molecule has 5 heteroatoms. The van der Waals surface area contributed by atoms with E-state index in [0.717, 1.165) is 24.1 Å². The van der Waals surface area contributed by atoms with Crippen LogP contribution in [0.25, 0.3) is 0 Å². The van der Waals surface area contributed by atoms with Gasteiger partial charge in [-0.05, 0) is 38.5 Å². The number of rotatable bonds is 4. The van der Waals surface area contributed by atoms with Crippen molar-refractivity contribution < 1.29 is 0 Å². The molecule has 0 aliphatic heterocycles. The van der Waals surface area contributed by atoms with Crippen molar-refractivity contribution in [3.8, 4) is 0 Å². The van der Waals surface area contributed by atoms with E-state index in [9.17, 15) is 0 Å². The summed E-state index contributed by atoms with van der Waals surface area (Å²) in [6.45, 7) is 5.22. The average Bonchev–Trinajstić information content (AvgIpc) is 2.38. The van der Waals surface area contributed by atoms with Gasteiger partial charge in [-0.1, -0.05) is 6.92 Å². The lowest BCUT2D eigenvalue weighted by molar-refractivity contribution is 0.340. The van der Waals surface area contributed by atoms with Crippen LogP contribution in [-0.2, 0) is 0 Å². The van der Waals surface area contributed by atoms with Crippen LogP contribution < -0.4 is 16.0 Å². The maximum atomic E-state index is 5.79. The maximum Gasteiger partial charge on any atom is 0.223 e. The van der Waals surface area contributed by atoms with E-state index in [4.69, 9.17) is 5.73 Å². The summed E-state index contributed by atoms with van der Waals surface area (Å²) in [7, 11) is 2.11. The summed E-state index contributed by atoms with van der Waals surface area (Å²) in [5.41, 5.74) is 5.79. The van der Waals surface area contributed by atoms with Crippen molar-refractivity contribution in [2.24, 2.45) is 5.92 Å². The van der Waals surface area contributed by atoms with Crippen LogP contribution >= 0.6 is 0 Å². The zero-order chi connectivity index (χ0) is 13.8. The summed E-state index contributed by atoms with van der Waals surface area (Å²) < 4.78 is 0. The summed E-state index contributed by atoms with van der Waals surface area (Å²) in [6.07, 6.45) is 5.07. The molecule has 1 heterocycles. The monoisotopic (exact) mass is 263 g/mol. The van der Waals surface area contributed by atoms with Gasteiger partial charge >= 0.3 is 0 Å². The molecule has 5 nitrogen and oxygen atoms in total. The van der Waals surface area contributed by atoms with E-state index in [1.54, 1.807) is 0 Å². The van der Waals surface area contributed by atoms with Gasteiger partial charge in [0.25, 0.3) is 0 Å². The van der Waals surface area contributed by atoms with Crippen molar-refractivity contribution in [3.05, 3.63) is 6.07 Å². The van der Waals surface area contributed by atoms with Gasteiger partial charge in [0.1, 0.15) is 11.6 Å². The highest BCUT2D eigenvalue weighted by atomic mass is 15.2. The van der Waals surface area contributed by atoms with Crippen molar-refractivity contribution >= 4 is 17.6 Å². The number of nitrogens with one attached hydrogen (secondary N) is 1. The molecule has 3 N–H and O–H groups in total. The van der Waals surface area contributed by atoms with Gasteiger partial charge in [0.2, 0.25) is 5.95 Å². The van der Waals surface area contributed by atoms with Crippen LogP contribution in [0.5, 0.6) is 0 Å². The van der Waals surface area contributed by atoms with Gasteiger partial charge < -0.3 is 16.0 Å². The first-order valence-corrected chi connectivity index (χ1v) is 7.21. The molecule has 0 spiro atoms. The number of nitrogen functional groups attached to an aromatic ring is 1. The van der Waals surface area contributed by atoms with E-state index in [0.29, 0.717) is 12.0 Å². The molecular formula is C14H25N5. The maximum absolute atomic E-state index is 5.79. The Morgan fingerprint density at radius 1 is 1.32 bits per heavy atom. The second-order valence-electron chi connectivity index (χ2n) is 5.52. The lowest BCUT2D eigenvalue weighted by atomic mass is 9.87. The van der Waals surface area contributed by atoms with Crippen molar-refractivity contribution in [1.29, 1.82) is 0 Å². The third kappa shape index (κ3) is 3.49. The largest absolute Gasteiger partial charge is 0.370 e. The minimum Gasteiger partial charge on any atom is -0.370 e. The molecule has 0 atom stereocenters. The van der Waals surface area contributed by atoms with Crippen molar-refractivity contribution in [3.63, 3.8) is 0 Å². The van der Waals surface area contributed by atoms with Crippen LogP contribution in [-0.4, -0.2) is 29.6 Å². The SMILES string of the molecule is CCNc1cc(N(C)C2CCC(C)CC2)nc(N)n1. The Balaban J connectivity index is 2.11. The third-order valence-corrected chi connectivity index (χ3v) is 3.98. The van der Waals surface area contributed by atoms with E-state index in [2.05, 4.69) is 34.2 Å². The number of nitrogens with two attached hydrogens (primary N) is 1. The van der Waals surface area contributed by atoms with E-state index >= 15 is 0 Å². The average molecular weight is 263 g/mol. The van der Waals surface area contributed by atoms with Crippen LogP contribution in [0.3, 0.4) is 0 Å². The van der Waals surface area contributed by atoms with Crippen molar-refractivity contribution in [2.75, 3.05) is 29.5 Å². The van der Waals surface area contributed by atoms with Crippen LogP contribution in [0, 0.1) is 5.92 Å². The number of hydrogen-bond acceptors (Lipinski definition) is 5. The van der Waals surface area contributed by atoms with Gasteiger partial charge in [-0.25, -0.2) is 0 Å². The third-order valence-electron chi connectivity index (χ3n) is 3.98. The van der Waals surface area contributed by atoms with E-state index in [1.807, 2.05) is 13.0 Å². The van der Waals surface area contributed by atoms with Crippen molar-refractivity contribution in [2.45, 2.75) is 45.6 Å². The molecule has 0 saturated heterocycles. The Kier molecular flexibility index (Phi) is 4.45. The number of nitrogens with zero attached hydrogens (tertiary/aromatic N) is 3. The lowest BCUT2D eigenvalue weighted by Crippen LogP contribution is -2.35. The predicted octanol–water partition coefficient (Wildman–Crippen LogP) is 2.51. The van der Waals surface area contributed by atoms with Gasteiger partial charge in [-0.3, -0.25) is 0 Å². The Bertz CT molecular complexity index is 412. The molecule has 0 unspecified atom stereocenters. The van der Waals surface area contributed by atoms with Gasteiger partial charge in [0, 0.05) is 25.7 Å². The normalized spacial score (nSPS) is 23.1. The molecule has 0 aromatic carbocycles. The molecular weight excluding hydrogens is 238 g/mol. The molecule has 19 heavy (non-hydrogen) atoms. The van der Waals surface area contributed by atoms with Crippen LogP contribution in [0.4, 0.5) is 17.6 Å². The molecule has 2 rings (SSSR count). The summed E-state index contributed by atoms with van der Waals surface area (Å²) in [5, 5.41) is 3.20. The summed E-state index contributed by atoms with van der Waals surface area (Å²) >= 11 is 0. The van der Waals surface area contributed by atoms with Crippen molar-refractivity contribution in [1.82, 2.24) is 9.97 Å². The molecule has 106 valence electrons. The molecule has 1 aliphatic rings. The fourth-order valence-corrected chi connectivity index (χ4v) is 2.72. The molecule has 1 fully saturated rings. The Morgan fingerprint density at radius 2 is 2.00 bits per heavy atom. The van der Waals surface area contributed by atoms with Gasteiger partial charge in [0.05, 0.1) is 0 Å². The molecule has 0 amide bonds. The lowest BCUT2D eigenvalue weighted by Gasteiger charge is -2.34. The van der Waals surface area contributed by atoms with Gasteiger partial charge in [-0.2, -0.15) is 9.97 Å². The molecule has 1 aromatic heterocycles. The summed E-state index contributed by atoms with van der Waals surface area (Å²) in [6, 6.07) is 2.55. The Labute approximate surface area is 115 Å². The zero-order valence-electron chi connectivity index (χ0n) is 12.2. The number of aromatic nitrogens is 2. The standard InChI is InChI=1S/C14H25N5/c1-4-16-12-9-13(18-14(15)17-12)19(3)11-7-5-10(2)6-8-11/h9-11H,4-8H2,1-3H3,(H3,15,16,17,18). The molecule has 1 aromatic rings. The highest BCUT2D eigenvalue weighted by Crippen LogP contribution is 2.29. The van der Waals surface area contributed by atoms with E-state index < -0.39 is 0 Å².